The van der Waals surface area contributed by atoms with Crippen molar-refractivity contribution in [2.75, 3.05) is 6.61 Å². The highest BCUT2D eigenvalue weighted by Crippen LogP contribution is 2.53. The molecule has 0 amide bonds. The number of phenols is 9. The fourth-order valence-electron chi connectivity index (χ4n) is 6.07. The minimum absolute atomic E-state index is 0.288. The summed E-state index contributed by atoms with van der Waals surface area (Å²) >= 11 is 0. The average molecular weight is 723 g/mol. The topological polar surface area (TPSA) is 289 Å². The number of fused-ring (bicyclic) bond motifs is 6. The Morgan fingerprint density at radius 2 is 1.13 bits per heavy atom. The van der Waals surface area contributed by atoms with Crippen molar-refractivity contribution >= 4 is 17.9 Å². The number of hydrogen-bond donors (Lipinski definition) is 9. The first kappa shape index (κ1) is 33.8. The van der Waals surface area contributed by atoms with Crippen LogP contribution in [0.15, 0.2) is 54.6 Å². The van der Waals surface area contributed by atoms with Crippen LogP contribution in [-0.4, -0.2) is 101 Å². The Bertz CT molecular complexity index is 2110. The summed E-state index contributed by atoms with van der Waals surface area (Å²) in [7, 11) is 0. The minimum atomic E-state index is -2.00. The maximum absolute atomic E-state index is 14.1. The first-order valence-electron chi connectivity index (χ1n) is 15.2. The second kappa shape index (κ2) is 12.6. The SMILES string of the molecule is O=C(O[C@@H]1O[C@@H]2CO[C@@H](c3ccccc3)O[C@H]2[C@@H]2OC(=O)c3cc(O)c(O)c(O)c3-c3c(cc(O)c(O)c3O)C(=O)O[C@@H]12)c1cc(O)c(O)c(O)c1. The smallest absolute Gasteiger partial charge is 0.340 e. The molecule has 4 aromatic carbocycles. The summed E-state index contributed by atoms with van der Waals surface area (Å²) in [6.45, 7) is -0.288. The predicted molar refractivity (Wildman–Crippen MR) is 166 cm³/mol. The van der Waals surface area contributed by atoms with Crippen LogP contribution in [0.3, 0.4) is 0 Å². The van der Waals surface area contributed by atoms with Crippen molar-refractivity contribution in [1.82, 2.24) is 0 Å². The van der Waals surface area contributed by atoms with Gasteiger partial charge in [-0.05, 0) is 24.3 Å². The molecule has 0 radical (unpaired) electrons. The molecule has 3 aliphatic heterocycles. The number of ether oxygens (including phenoxy) is 6. The molecule has 52 heavy (non-hydrogen) atoms. The number of aromatic hydroxyl groups is 9. The van der Waals surface area contributed by atoms with Crippen molar-refractivity contribution in [1.29, 1.82) is 0 Å². The average Bonchev–Trinajstić information content (AvgIpc) is 3.12. The Morgan fingerprint density at radius 3 is 1.69 bits per heavy atom. The molecule has 4 aromatic rings. The molecule has 0 aliphatic carbocycles. The van der Waals surface area contributed by atoms with Crippen LogP contribution in [-0.2, 0) is 28.4 Å². The number of esters is 3. The van der Waals surface area contributed by atoms with Gasteiger partial charge in [-0.25, -0.2) is 14.4 Å². The molecular weight excluding hydrogens is 696 g/mol. The van der Waals surface area contributed by atoms with Gasteiger partial charge < -0.3 is 74.4 Å². The quantitative estimate of drug-likeness (QED) is 0.0833. The number of benzene rings is 4. The van der Waals surface area contributed by atoms with Crippen molar-refractivity contribution in [3.8, 4) is 62.9 Å². The Balaban J connectivity index is 1.38. The third-order valence-electron chi connectivity index (χ3n) is 8.57. The summed E-state index contributed by atoms with van der Waals surface area (Å²) in [4.78, 5) is 41.4. The van der Waals surface area contributed by atoms with E-state index in [1.807, 2.05) is 0 Å². The Labute approximate surface area is 290 Å². The zero-order valence-electron chi connectivity index (χ0n) is 26.1. The van der Waals surface area contributed by atoms with E-state index in [4.69, 9.17) is 28.4 Å². The number of carbonyl (C=O) groups is 3. The summed E-state index contributed by atoms with van der Waals surface area (Å²) in [6.07, 6.45) is -9.46. The van der Waals surface area contributed by atoms with Crippen LogP contribution >= 0.6 is 0 Å². The van der Waals surface area contributed by atoms with E-state index in [1.165, 1.54) is 0 Å². The van der Waals surface area contributed by atoms with Crippen molar-refractivity contribution in [3.05, 3.63) is 76.9 Å². The van der Waals surface area contributed by atoms with E-state index in [2.05, 4.69) is 0 Å². The lowest BCUT2D eigenvalue weighted by atomic mass is 9.91. The van der Waals surface area contributed by atoms with E-state index >= 15 is 0 Å². The summed E-state index contributed by atoms with van der Waals surface area (Å²) in [6, 6.07) is 11.2. The van der Waals surface area contributed by atoms with Gasteiger partial charge in [-0.2, -0.15) is 0 Å². The van der Waals surface area contributed by atoms with Gasteiger partial charge in [-0.3, -0.25) is 0 Å². The number of hydrogen-bond acceptors (Lipinski definition) is 18. The van der Waals surface area contributed by atoms with Gasteiger partial charge in [0.1, 0.15) is 12.2 Å². The van der Waals surface area contributed by atoms with Crippen LogP contribution in [0.25, 0.3) is 11.1 Å². The first-order valence-corrected chi connectivity index (χ1v) is 15.2. The Kier molecular flexibility index (Phi) is 8.20. The molecule has 6 atom stereocenters. The van der Waals surface area contributed by atoms with Gasteiger partial charge in [0.25, 0.3) is 0 Å². The molecule has 0 aromatic heterocycles. The number of phenolic OH excluding ortho intramolecular Hbond substituents is 9. The number of rotatable bonds is 3. The molecule has 18 heteroatoms. The van der Waals surface area contributed by atoms with Gasteiger partial charge in [-0.15, -0.1) is 0 Å². The highest BCUT2D eigenvalue weighted by atomic mass is 16.8. The van der Waals surface area contributed by atoms with Crippen molar-refractivity contribution in [3.63, 3.8) is 0 Å². The summed E-state index contributed by atoms with van der Waals surface area (Å²) < 4.78 is 34.9. The van der Waals surface area contributed by atoms with Crippen LogP contribution in [0.4, 0.5) is 0 Å². The van der Waals surface area contributed by atoms with E-state index in [-0.39, 0.29) is 6.61 Å². The molecule has 270 valence electrons. The number of carbonyl (C=O) groups excluding carboxylic acids is 3. The zero-order valence-corrected chi connectivity index (χ0v) is 26.1. The van der Waals surface area contributed by atoms with E-state index in [1.54, 1.807) is 30.3 Å². The summed E-state index contributed by atoms with van der Waals surface area (Å²) in [5, 5.41) is 93.0. The third kappa shape index (κ3) is 5.56. The second-order valence-electron chi connectivity index (χ2n) is 11.8. The fourth-order valence-corrected chi connectivity index (χ4v) is 6.07. The van der Waals surface area contributed by atoms with Gasteiger partial charge >= 0.3 is 17.9 Å². The lowest BCUT2D eigenvalue weighted by molar-refractivity contribution is -0.351. The monoisotopic (exact) mass is 722 g/mol. The predicted octanol–water partition coefficient (Wildman–Crippen LogP) is 2.46. The largest absolute Gasteiger partial charge is 0.504 e. The molecule has 18 nitrogen and oxygen atoms in total. The Hall–Kier alpha value is -6.63. The summed E-state index contributed by atoms with van der Waals surface area (Å²) in [5.41, 5.74) is -3.29. The normalized spacial score (nSPS) is 23.8. The van der Waals surface area contributed by atoms with Crippen LogP contribution in [0, 0.1) is 0 Å². The molecule has 3 heterocycles. The molecule has 2 fully saturated rings. The van der Waals surface area contributed by atoms with Crippen molar-refractivity contribution in [2.24, 2.45) is 0 Å². The fraction of sp³-hybridized carbons (Fsp3) is 0.206. The molecule has 2 saturated heterocycles. The van der Waals surface area contributed by atoms with E-state index < -0.39 is 134 Å². The summed E-state index contributed by atoms with van der Waals surface area (Å²) in [5.74, 6) is -14.0. The Morgan fingerprint density at radius 1 is 0.615 bits per heavy atom. The lowest BCUT2D eigenvalue weighted by Crippen LogP contribution is -2.64. The molecule has 3 aliphatic rings. The van der Waals surface area contributed by atoms with Gasteiger partial charge in [0, 0.05) is 16.7 Å². The van der Waals surface area contributed by atoms with Crippen molar-refractivity contribution < 1.29 is 88.8 Å². The maximum Gasteiger partial charge on any atom is 0.340 e. The molecule has 0 spiro atoms. The first-order chi connectivity index (χ1) is 24.7. The van der Waals surface area contributed by atoms with Crippen LogP contribution in [0.2, 0.25) is 0 Å². The molecule has 9 N–H and O–H groups in total. The molecule has 0 bridgehead atoms. The zero-order chi connectivity index (χ0) is 37.2. The second-order valence-corrected chi connectivity index (χ2v) is 11.8. The maximum atomic E-state index is 14.1. The van der Waals surface area contributed by atoms with Gasteiger partial charge in [0.05, 0.1) is 23.3 Å². The minimum Gasteiger partial charge on any atom is -0.504 e. The highest BCUT2D eigenvalue weighted by Gasteiger charge is 2.56. The standard InChI is InChI=1S/C34H26O18/c35-15-6-12(7-16(36)22(15)39)30(44)52-34-29-28(27-19(48-34)10-47-33(51-27)11-4-2-1-3-5-11)49-31(45)13-8-17(37)23(40)25(42)20(13)21-14(32(46)50-29)9-18(38)24(41)26(21)43/h1-9,19,27-29,33-43H,10H2/t19-,27-,28+,29-,33-,34+/m1/s1. The van der Waals surface area contributed by atoms with E-state index in [9.17, 15) is 60.3 Å². The molecule has 0 saturated carbocycles. The third-order valence-corrected chi connectivity index (χ3v) is 8.57. The van der Waals surface area contributed by atoms with Gasteiger partial charge in [0.2, 0.25) is 23.9 Å². The van der Waals surface area contributed by atoms with E-state index in [0.29, 0.717) is 17.7 Å². The van der Waals surface area contributed by atoms with Crippen LogP contribution in [0.5, 0.6) is 51.7 Å². The van der Waals surface area contributed by atoms with Gasteiger partial charge in [0.15, 0.2) is 52.6 Å². The van der Waals surface area contributed by atoms with Crippen LogP contribution < -0.4 is 0 Å². The van der Waals surface area contributed by atoms with Crippen LogP contribution in [0.1, 0.15) is 42.9 Å². The van der Waals surface area contributed by atoms with Crippen molar-refractivity contribution in [2.45, 2.75) is 37.0 Å². The molecular formula is C34H26O18. The molecule has 0 unspecified atom stereocenters. The highest BCUT2D eigenvalue weighted by molar-refractivity contribution is 6.08. The lowest BCUT2D eigenvalue weighted by Gasteiger charge is -2.47. The van der Waals surface area contributed by atoms with E-state index in [0.717, 1.165) is 12.1 Å². The molecule has 7 rings (SSSR count). The van der Waals surface area contributed by atoms with Gasteiger partial charge in [-0.1, -0.05) is 30.3 Å².